The third kappa shape index (κ3) is 7.02. The van der Waals surface area contributed by atoms with Gasteiger partial charge in [0.2, 0.25) is 0 Å². The molecule has 3 rings (SSSR count). The van der Waals surface area contributed by atoms with Crippen LogP contribution in [0.15, 0.2) is 35.3 Å². The first-order valence-corrected chi connectivity index (χ1v) is 12.2. The second-order valence-corrected chi connectivity index (χ2v) is 8.85. The van der Waals surface area contributed by atoms with Crippen LogP contribution in [-0.2, 0) is 20.1 Å². The Morgan fingerprint density at radius 3 is 2.83 bits per heavy atom. The zero-order valence-corrected chi connectivity index (χ0v) is 19.3. The molecule has 2 N–H and O–H groups in total. The van der Waals surface area contributed by atoms with Gasteiger partial charge in [-0.2, -0.15) is 11.8 Å². The fourth-order valence-electron chi connectivity index (χ4n) is 3.67. The third-order valence-corrected chi connectivity index (χ3v) is 6.17. The molecule has 1 aliphatic heterocycles. The monoisotopic (exact) mass is 429 g/mol. The molecule has 0 radical (unpaired) electrons. The topological polar surface area (TPSA) is 70.4 Å². The largest absolute Gasteiger partial charge is 0.356 e. The molecule has 1 aromatic heterocycles. The molecule has 0 spiro atoms. The fourth-order valence-corrected chi connectivity index (χ4v) is 4.10. The number of hydrogen-bond donors (Lipinski definition) is 2. The molecule has 0 aliphatic carbocycles. The number of rotatable bonds is 9. The molecule has 1 fully saturated rings. The lowest BCUT2D eigenvalue weighted by Gasteiger charge is -2.34. The third-order valence-electron chi connectivity index (χ3n) is 5.47. The van der Waals surface area contributed by atoms with Gasteiger partial charge >= 0.3 is 0 Å². The van der Waals surface area contributed by atoms with Crippen molar-refractivity contribution in [1.82, 2.24) is 30.3 Å². The number of nitrogens with zero attached hydrogens (tertiary/aromatic N) is 5. The standard InChI is InChI=1S/C22H35N7S/c1-18-26-27-21(28(18)2)15-24-22(23-12-8-14-30-3)25-20-11-7-13-29(17-20)16-19-9-5-4-6-10-19/h4-6,9-10,20H,7-8,11-17H2,1-3H3,(H2,23,24,25). The SMILES string of the molecule is CSCCCNC(=NCc1nnc(C)n1C)NC1CCCN(Cc2ccccc2)C1. The van der Waals surface area contributed by atoms with Crippen molar-refractivity contribution in [3.8, 4) is 0 Å². The molecule has 7 nitrogen and oxygen atoms in total. The number of likely N-dealkylation sites (tertiary alicyclic amines) is 1. The number of aliphatic imine (C=N–C) groups is 1. The lowest BCUT2D eigenvalue weighted by atomic mass is 10.0. The van der Waals surface area contributed by atoms with E-state index in [1.807, 2.05) is 30.3 Å². The first-order valence-electron chi connectivity index (χ1n) is 10.8. The first-order chi connectivity index (χ1) is 14.7. The van der Waals surface area contributed by atoms with E-state index in [0.717, 1.165) is 56.0 Å². The summed E-state index contributed by atoms with van der Waals surface area (Å²) < 4.78 is 2.00. The summed E-state index contributed by atoms with van der Waals surface area (Å²) in [5.74, 6) is 3.82. The number of aryl methyl sites for hydroxylation is 1. The number of nitrogens with one attached hydrogen (secondary N) is 2. The van der Waals surface area contributed by atoms with Crippen LogP contribution in [0.3, 0.4) is 0 Å². The molecule has 0 saturated carbocycles. The molecule has 2 aromatic rings. The summed E-state index contributed by atoms with van der Waals surface area (Å²) >= 11 is 1.88. The van der Waals surface area contributed by atoms with Crippen LogP contribution in [0.25, 0.3) is 0 Å². The number of piperidine rings is 1. The van der Waals surface area contributed by atoms with Crippen LogP contribution in [-0.4, -0.2) is 63.3 Å². The highest BCUT2D eigenvalue weighted by atomic mass is 32.2. The average Bonchev–Trinajstić information content (AvgIpc) is 3.08. The van der Waals surface area contributed by atoms with Gasteiger partial charge in [-0.3, -0.25) is 4.90 Å². The molecule has 0 bridgehead atoms. The van der Waals surface area contributed by atoms with Crippen molar-refractivity contribution in [2.75, 3.05) is 31.6 Å². The zero-order chi connectivity index (χ0) is 21.2. The Hall–Kier alpha value is -2.06. The minimum absolute atomic E-state index is 0.399. The normalized spacial score (nSPS) is 17.8. The number of aromatic nitrogens is 3. The van der Waals surface area contributed by atoms with E-state index in [4.69, 9.17) is 4.99 Å². The molecule has 1 atom stereocenters. The second-order valence-electron chi connectivity index (χ2n) is 7.86. The molecule has 30 heavy (non-hydrogen) atoms. The van der Waals surface area contributed by atoms with Gasteiger partial charge < -0.3 is 15.2 Å². The Morgan fingerprint density at radius 2 is 2.10 bits per heavy atom. The Labute approximate surface area is 184 Å². The molecule has 1 aromatic carbocycles. The summed E-state index contributed by atoms with van der Waals surface area (Å²) in [6.07, 6.45) is 5.63. The van der Waals surface area contributed by atoms with E-state index >= 15 is 0 Å². The van der Waals surface area contributed by atoms with Crippen molar-refractivity contribution in [2.45, 2.75) is 45.3 Å². The predicted octanol–water partition coefficient (Wildman–Crippen LogP) is 2.58. The van der Waals surface area contributed by atoms with Gasteiger partial charge in [-0.25, -0.2) is 4.99 Å². The van der Waals surface area contributed by atoms with E-state index in [9.17, 15) is 0 Å². The highest BCUT2D eigenvalue weighted by molar-refractivity contribution is 7.98. The van der Waals surface area contributed by atoms with E-state index in [2.05, 4.69) is 62.3 Å². The summed E-state index contributed by atoms with van der Waals surface area (Å²) in [5.41, 5.74) is 1.37. The van der Waals surface area contributed by atoms with E-state index in [1.165, 1.54) is 18.4 Å². The van der Waals surface area contributed by atoms with Crippen molar-refractivity contribution in [1.29, 1.82) is 0 Å². The van der Waals surface area contributed by atoms with Crippen LogP contribution < -0.4 is 10.6 Å². The molecule has 1 saturated heterocycles. The molecule has 1 unspecified atom stereocenters. The number of thioether (sulfide) groups is 1. The highest BCUT2D eigenvalue weighted by Crippen LogP contribution is 2.14. The van der Waals surface area contributed by atoms with Crippen molar-refractivity contribution < 1.29 is 0 Å². The number of guanidine groups is 1. The molecular formula is C22H35N7S. The summed E-state index contributed by atoms with van der Waals surface area (Å²) in [5, 5.41) is 15.6. The molecule has 164 valence electrons. The summed E-state index contributed by atoms with van der Waals surface area (Å²) in [4.78, 5) is 7.35. The van der Waals surface area contributed by atoms with Gasteiger partial charge in [-0.05, 0) is 50.3 Å². The van der Waals surface area contributed by atoms with Crippen molar-refractivity contribution in [2.24, 2.45) is 12.0 Å². The fraction of sp³-hybridized carbons (Fsp3) is 0.591. The van der Waals surface area contributed by atoms with Crippen molar-refractivity contribution in [3.05, 3.63) is 47.5 Å². The average molecular weight is 430 g/mol. The summed E-state index contributed by atoms with van der Waals surface area (Å²) in [6.45, 7) is 6.59. The van der Waals surface area contributed by atoms with Gasteiger partial charge in [0.1, 0.15) is 12.4 Å². The van der Waals surface area contributed by atoms with Crippen molar-refractivity contribution >= 4 is 17.7 Å². The maximum absolute atomic E-state index is 4.81. The van der Waals surface area contributed by atoms with Gasteiger partial charge in [0.15, 0.2) is 11.8 Å². The molecule has 1 aliphatic rings. The highest BCUT2D eigenvalue weighted by Gasteiger charge is 2.21. The molecule has 0 amide bonds. The molecule has 2 heterocycles. The van der Waals surface area contributed by atoms with Gasteiger partial charge in [0.25, 0.3) is 0 Å². The maximum Gasteiger partial charge on any atom is 0.191 e. The minimum atomic E-state index is 0.399. The van der Waals surface area contributed by atoms with Crippen LogP contribution >= 0.6 is 11.8 Å². The van der Waals surface area contributed by atoms with Crippen LogP contribution in [0.2, 0.25) is 0 Å². The zero-order valence-electron chi connectivity index (χ0n) is 18.5. The Bertz CT molecular complexity index is 790. The van der Waals surface area contributed by atoms with Gasteiger partial charge in [-0.15, -0.1) is 10.2 Å². The van der Waals surface area contributed by atoms with E-state index in [0.29, 0.717) is 12.6 Å². The number of hydrogen-bond acceptors (Lipinski definition) is 5. The lowest BCUT2D eigenvalue weighted by molar-refractivity contribution is 0.192. The minimum Gasteiger partial charge on any atom is -0.356 e. The van der Waals surface area contributed by atoms with E-state index in [1.54, 1.807) is 0 Å². The number of benzene rings is 1. The Kier molecular flexibility index (Phi) is 9.01. The van der Waals surface area contributed by atoms with Gasteiger partial charge in [0.05, 0.1) is 0 Å². The smallest absolute Gasteiger partial charge is 0.191 e. The second kappa shape index (κ2) is 12.0. The van der Waals surface area contributed by atoms with E-state index < -0.39 is 0 Å². The van der Waals surface area contributed by atoms with Crippen LogP contribution in [0.5, 0.6) is 0 Å². The Balaban J connectivity index is 1.59. The van der Waals surface area contributed by atoms with Gasteiger partial charge in [0, 0.05) is 32.7 Å². The van der Waals surface area contributed by atoms with Crippen LogP contribution in [0, 0.1) is 6.92 Å². The summed E-state index contributed by atoms with van der Waals surface area (Å²) in [6, 6.07) is 11.1. The molecular weight excluding hydrogens is 394 g/mol. The maximum atomic E-state index is 4.81. The van der Waals surface area contributed by atoms with Crippen LogP contribution in [0.1, 0.15) is 36.5 Å². The molecule has 8 heteroatoms. The van der Waals surface area contributed by atoms with E-state index in [-0.39, 0.29) is 0 Å². The van der Waals surface area contributed by atoms with Crippen LogP contribution in [0.4, 0.5) is 0 Å². The Morgan fingerprint density at radius 1 is 1.27 bits per heavy atom. The summed E-state index contributed by atoms with van der Waals surface area (Å²) in [7, 11) is 1.99. The quantitative estimate of drug-likeness (QED) is 0.363. The van der Waals surface area contributed by atoms with Gasteiger partial charge in [-0.1, -0.05) is 30.3 Å². The van der Waals surface area contributed by atoms with Crippen molar-refractivity contribution in [3.63, 3.8) is 0 Å². The lowest BCUT2D eigenvalue weighted by Crippen LogP contribution is -2.51. The predicted molar refractivity (Wildman–Crippen MR) is 126 cm³/mol. The first kappa shape index (κ1) is 22.6.